The second kappa shape index (κ2) is 9.63. The molecule has 1 rings (SSSR count). The van der Waals surface area contributed by atoms with E-state index in [0.29, 0.717) is 29.7 Å². The standard InChI is InChI=1S/C18H28F3NO3/c1-12-13(16(24)17(25-3)14(22-2)15(12)23)10-8-6-4-5-7-9-11-18(19,20)21/h22-24H,4-11H2,1-3H3. The third-order valence-electron chi connectivity index (χ3n) is 4.36. The molecule has 0 radical (unpaired) electrons. The number of hydrogen-bond donors (Lipinski definition) is 3. The first-order chi connectivity index (χ1) is 11.7. The molecule has 0 aliphatic heterocycles. The van der Waals surface area contributed by atoms with E-state index in [0.717, 1.165) is 25.7 Å². The molecule has 0 saturated heterocycles. The lowest BCUT2D eigenvalue weighted by molar-refractivity contribution is -0.135. The van der Waals surface area contributed by atoms with Crippen LogP contribution in [-0.4, -0.2) is 30.5 Å². The molecule has 0 saturated carbocycles. The van der Waals surface area contributed by atoms with Gasteiger partial charge in [0.05, 0.1) is 7.11 Å². The van der Waals surface area contributed by atoms with E-state index in [1.807, 2.05) is 0 Å². The molecule has 0 spiro atoms. The molecule has 7 heteroatoms. The molecule has 0 heterocycles. The van der Waals surface area contributed by atoms with Crippen LogP contribution in [-0.2, 0) is 6.42 Å². The molecule has 0 fully saturated rings. The maximum absolute atomic E-state index is 12.0. The van der Waals surface area contributed by atoms with E-state index in [1.54, 1.807) is 14.0 Å². The molecule has 0 aliphatic carbocycles. The number of aromatic hydroxyl groups is 2. The summed E-state index contributed by atoms with van der Waals surface area (Å²) in [5, 5.41) is 23.4. The third kappa shape index (κ3) is 6.21. The molecular formula is C18H28F3NO3. The van der Waals surface area contributed by atoms with Crippen LogP contribution >= 0.6 is 0 Å². The first-order valence-electron chi connectivity index (χ1n) is 8.58. The molecule has 0 bridgehead atoms. The average Bonchev–Trinajstić information content (AvgIpc) is 2.54. The Morgan fingerprint density at radius 2 is 1.52 bits per heavy atom. The highest BCUT2D eigenvalue weighted by Gasteiger charge is 2.25. The van der Waals surface area contributed by atoms with Gasteiger partial charge in [-0.3, -0.25) is 0 Å². The van der Waals surface area contributed by atoms with E-state index in [2.05, 4.69) is 5.32 Å². The molecule has 1 aromatic carbocycles. The van der Waals surface area contributed by atoms with E-state index in [9.17, 15) is 23.4 Å². The van der Waals surface area contributed by atoms with Crippen molar-refractivity contribution in [3.63, 3.8) is 0 Å². The summed E-state index contributed by atoms with van der Waals surface area (Å²) in [5.74, 6) is 0.291. The number of hydrogen-bond acceptors (Lipinski definition) is 4. The highest BCUT2D eigenvalue weighted by atomic mass is 19.4. The molecule has 0 unspecified atom stereocenters. The van der Waals surface area contributed by atoms with Crippen LogP contribution in [0, 0.1) is 6.92 Å². The summed E-state index contributed by atoms with van der Waals surface area (Å²) in [7, 11) is 3.06. The van der Waals surface area contributed by atoms with Gasteiger partial charge < -0.3 is 20.3 Å². The van der Waals surface area contributed by atoms with Crippen molar-refractivity contribution < 1.29 is 28.1 Å². The fourth-order valence-electron chi connectivity index (χ4n) is 2.94. The van der Waals surface area contributed by atoms with Crippen molar-refractivity contribution in [3.8, 4) is 17.2 Å². The minimum Gasteiger partial charge on any atom is -0.505 e. The van der Waals surface area contributed by atoms with Gasteiger partial charge in [-0.1, -0.05) is 25.7 Å². The van der Waals surface area contributed by atoms with Gasteiger partial charge in [-0.05, 0) is 26.2 Å². The van der Waals surface area contributed by atoms with Crippen molar-refractivity contribution in [2.75, 3.05) is 19.5 Å². The Bertz CT molecular complexity index is 560. The molecule has 0 aliphatic rings. The van der Waals surface area contributed by atoms with Crippen molar-refractivity contribution in [2.45, 2.75) is 64.5 Å². The summed E-state index contributed by atoms with van der Waals surface area (Å²) in [6, 6.07) is 0. The molecule has 1 aromatic rings. The Labute approximate surface area is 147 Å². The normalized spacial score (nSPS) is 11.6. The van der Waals surface area contributed by atoms with E-state index in [4.69, 9.17) is 4.74 Å². The Balaban J connectivity index is 2.49. The maximum Gasteiger partial charge on any atom is 0.389 e. The number of nitrogens with one attached hydrogen (secondary N) is 1. The topological polar surface area (TPSA) is 61.7 Å². The summed E-state index contributed by atoms with van der Waals surface area (Å²) >= 11 is 0. The number of anilines is 1. The van der Waals surface area contributed by atoms with Crippen LogP contribution in [0.1, 0.15) is 56.1 Å². The largest absolute Gasteiger partial charge is 0.505 e. The second-order valence-corrected chi connectivity index (χ2v) is 6.20. The van der Waals surface area contributed by atoms with E-state index < -0.39 is 12.6 Å². The van der Waals surface area contributed by atoms with Crippen molar-refractivity contribution in [1.82, 2.24) is 0 Å². The minimum absolute atomic E-state index is 0.0207. The van der Waals surface area contributed by atoms with Gasteiger partial charge in [0, 0.05) is 24.6 Å². The van der Waals surface area contributed by atoms with Gasteiger partial charge in [-0.15, -0.1) is 0 Å². The first-order valence-corrected chi connectivity index (χ1v) is 8.58. The van der Waals surface area contributed by atoms with Crippen LogP contribution in [0.3, 0.4) is 0 Å². The zero-order valence-electron chi connectivity index (χ0n) is 15.1. The summed E-state index contributed by atoms with van der Waals surface area (Å²) in [5.41, 5.74) is 1.60. The van der Waals surface area contributed by atoms with Crippen LogP contribution in [0.5, 0.6) is 17.2 Å². The van der Waals surface area contributed by atoms with Crippen LogP contribution in [0.15, 0.2) is 0 Å². The van der Waals surface area contributed by atoms with Crippen molar-refractivity contribution in [3.05, 3.63) is 11.1 Å². The van der Waals surface area contributed by atoms with E-state index in [1.165, 1.54) is 7.11 Å². The van der Waals surface area contributed by atoms with Gasteiger partial charge in [0.25, 0.3) is 0 Å². The number of phenols is 2. The van der Waals surface area contributed by atoms with Crippen molar-refractivity contribution in [1.29, 1.82) is 0 Å². The molecule has 3 N–H and O–H groups in total. The fraction of sp³-hybridized carbons (Fsp3) is 0.667. The SMILES string of the molecule is CNc1c(O)c(C)c(CCCCCCCCC(F)(F)F)c(O)c1OC. The van der Waals surface area contributed by atoms with E-state index in [-0.39, 0.29) is 23.7 Å². The molecule has 0 amide bonds. The number of ether oxygens (including phenoxy) is 1. The average molecular weight is 363 g/mol. The van der Waals surface area contributed by atoms with Gasteiger partial charge in [0.1, 0.15) is 11.4 Å². The Kier molecular flexibility index (Phi) is 8.19. The first kappa shape index (κ1) is 21.3. The van der Waals surface area contributed by atoms with Crippen LogP contribution in [0.4, 0.5) is 18.9 Å². The van der Waals surface area contributed by atoms with Crippen LogP contribution in [0.2, 0.25) is 0 Å². The van der Waals surface area contributed by atoms with Crippen molar-refractivity contribution in [2.24, 2.45) is 0 Å². The molecule has 25 heavy (non-hydrogen) atoms. The van der Waals surface area contributed by atoms with E-state index >= 15 is 0 Å². The number of alkyl halides is 3. The molecule has 0 aromatic heterocycles. The van der Waals surface area contributed by atoms with Gasteiger partial charge in [0.2, 0.25) is 0 Å². The summed E-state index contributed by atoms with van der Waals surface area (Å²) in [4.78, 5) is 0. The minimum atomic E-state index is -4.06. The monoisotopic (exact) mass is 363 g/mol. The van der Waals surface area contributed by atoms with Crippen molar-refractivity contribution >= 4 is 5.69 Å². The number of unbranched alkanes of at least 4 members (excludes halogenated alkanes) is 5. The fourth-order valence-corrected chi connectivity index (χ4v) is 2.94. The number of rotatable bonds is 10. The number of benzene rings is 1. The summed E-state index contributed by atoms with van der Waals surface area (Å²) in [6.45, 7) is 1.74. The molecule has 4 nitrogen and oxygen atoms in total. The second-order valence-electron chi connectivity index (χ2n) is 6.20. The third-order valence-corrected chi connectivity index (χ3v) is 4.36. The maximum atomic E-state index is 12.0. The zero-order valence-corrected chi connectivity index (χ0v) is 15.1. The van der Waals surface area contributed by atoms with Gasteiger partial charge in [-0.2, -0.15) is 13.2 Å². The summed E-state index contributed by atoms with van der Waals surface area (Å²) in [6.07, 6.45) is -0.156. The highest BCUT2D eigenvalue weighted by molar-refractivity contribution is 5.75. The highest BCUT2D eigenvalue weighted by Crippen LogP contribution is 2.46. The molecule has 0 atom stereocenters. The smallest absolute Gasteiger partial charge is 0.389 e. The molecular weight excluding hydrogens is 335 g/mol. The lowest BCUT2D eigenvalue weighted by Gasteiger charge is -2.18. The Hall–Kier alpha value is -1.79. The van der Waals surface area contributed by atoms with Crippen LogP contribution in [0.25, 0.3) is 0 Å². The Morgan fingerprint density at radius 1 is 0.960 bits per heavy atom. The van der Waals surface area contributed by atoms with Gasteiger partial charge in [-0.25, -0.2) is 0 Å². The number of halogens is 3. The number of methoxy groups -OCH3 is 1. The molecule has 144 valence electrons. The Morgan fingerprint density at radius 3 is 2.04 bits per heavy atom. The summed E-state index contributed by atoms with van der Waals surface area (Å²) < 4.78 is 41.3. The lowest BCUT2D eigenvalue weighted by atomic mass is 9.97. The lowest BCUT2D eigenvalue weighted by Crippen LogP contribution is -2.06. The quantitative estimate of drug-likeness (QED) is 0.300. The number of phenolic OH excluding ortho intramolecular Hbond substituents is 2. The van der Waals surface area contributed by atoms with Gasteiger partial charge in [0.15, 0.2) is 11.5 Å². The predicted octanol–water partition coefficient (Wildman–Crippen LogP) is 5.29. The van der Waals surface area contributed by atoms with Crippen LogP contribution < -0.4 is 10.1 Å². The van der Waals surface area contributed by atoms with Gasteiger partial charge >= 0.3 is 6.18 Å². The zero-order chi connectivity index (χ0) is 19.0. The predicted molar refractivity (Wildman–Crippen MR) is 92.7 cm³/mol.